The van der Waals surface area contributed by atoms with E-state index in [2.05, 4.69) is 9.47 Å². The first-order valence-electron chi connectivity index (χ1n) is 5.96. The van der Waals surface area contributed by atoms with Gasteiger partial charge in [-0.2, -0.15) is 0 Å². The molecule has 100 valence electrons. The molecule has 19 heavy (non-hydrogen) atoms. The molecule has 1 aromatic carbocycles. The van der Waals surface area contributed by atoms with Crippen molar-refractivity contribution in [1.82, 2.24) is 4.57 Å². The Morgan fingerprint density at radius 1 is 1.26 bits per heavy atom. The van der Waals surface area contributed by atoms with Gasteiger partial charge in [0, 0.05) is 18.0 Å². The van der Waals surface area contributed by atoms with Crippen LogP contribution in [-0.2, 0) is 22.9 Å². The van der Waals surface area contributed by atoms with E-state index in [1.54, 1.807) is 11.6 Å². The van der Waals surface area contributed by atoms with Gasteiger partial charge in [-0.3, -0.25) is 0 Å². The number of rotatable bonds is 2. The monoisotopic (exact) mass is 261 g/mol. The molecule has 1 aromatic heterocycles. The smallest absolute Gasteiger partial charge is 0.437 e. The average molecular weight is 261 g/mol. The second-order valence-corrected chi connectivity index (χ2v) is 4.10. The van der Waals surface area contributed by atoms with Gasteiger partial charge in [-0.15, -0.1) is 0 Å². The van der Waals surface area contributed by atoms with Crippen LogP contribution in [0.2, 0.25) is 0 Å². The largest absolute Gasteiger partial charge is 0.516 e. The van der Waals surface area contributed by atoms with Gasteiger partial charge in [-0.25, -0.2) is 9.59 Å². The summed E-state index contributed by atoms with van der Waals surface area (Å²) in [5, 5.41) is 0.990. The van der Waals surface area contributed by atoms with Crippen LogP contribution in [0.25, 0.3) is 10.9 Å². The van der Waals surface area contributed by atoms with E-state index in [1.807, 2.05) is 31.2 Å². The molecular weight excluding hydrogens is 246 g/mol. The normalized spacial score (nSPS) is 10.5. The number of carbonyl (C=O) groups excluding carboxylic acids is 2. The zero-order valence-corrected chi connectivity index (χ0v) is 11.1. The molecule has 0 radical (unpaired) electrons. The van der Waals surface area contributed by atoms with Crippen molar-refractivity contribution in [1.29, 1.82) is 0 Å². The van der Waals surface area contributed by atoms with Crippen molar-refractivity contribution < 1.29 is 19.1 Å². The number of methoxy groups -OCH3 is 1. The van der Waals surface area contributed by atoms with E-state index in [4.69, 9.17) is 0 Å². The number of esters is 1. The SMILES string of the molecule is CCc1c(C(=O)OC(=O)OC)n(C)c2ccccc12. The van der Waals surface area contributed by atoms with Gasteiger partial charge in [-0.05, 0) is 18.1 Å². The number of hydrogen-bond donors (Lipinski definition) is 0. The minimum atomic E-state index is -1.00. The highest BCUT2D eigenvalue weighted by molar-refractivity contribution is 6.01. The van der Waals surface area contributed by atoms with Crippen LogP contribution in [-0.4, -0.2) is 23.8 Å². The predicted octanol–water partition coefficient (Wildman–Crippen LogP) is 2.66. The van der Waals surface area contributed by atoms with Crippen LogP contribution in [0.3, 0.4) is 0 Å². The molecule has 0 saturated carbocycles. The number of benzene rings is 1. The zero-order chi connectivity index (χ0) is 14.0. The van der Waals surface area contributed by atoms with Crippen LogP contribution in [0.1, 0.15) is 23.0 Å². The van der Waals surface area contributed by atoms with Crippen molar-refractivity contribution in [2.45, 2.75) is 13.3 Å². The highest BCUT2D eigenvalue weighted by Crippen LogP contribution is 2.26. The first-order chi connectivity index (χ1) is 9.10. The minimum absolute atomic E-state index is 0.383. The molecule has 0 fully saturated rings. The fourth-order valence-corrected chi connectivity index (χ4v) is 2.26. The predicted molar refractivity (Wildman–Crippen MR) is 70.1 cm³/mol. The third-order valence-electron chi connectivity index (χ3n) is 3.10. The first kappa shape index (κ1) is 13.1. The summed E-state index contributed by atoms with van der Waals surface area (Å²) in [6, 6.07) is 7.68. The van der Waals surface area contributed by atoms with Crippen LogP contribution in [0.4, 0.5) is 4.79 Å². The third kappa shape index (κ3) is 2.19. The number of aryl methyl sites for hydroxylation is 2. The Labute approximate surface area is 110 Å². The quantitative estimate of drug-likeness (QED) is 0.616. The topological polar surface area (TPSA) is 57.5 Å². The van der Waals surface area contributed by atoms with Crippen LogP contribution in [0.5, 0.6) is 0 Å². The van der Waals surface area contributed by atoms with Gasteiger partial charge >= 0.3 is 12.1 Å². The lowest BCUT2D eigenvalue weighted by molar-refractivity contribution is 0.0442. The van der Waals surface area contributed by atoms with E-state index >= 15 is 0 Å². The Kier molecular flexibility index (Phi) is 3.55. The van der Waals surface area contributed by atoms with Gasteiger partial charge in [-0.1, -0.05) is 25.1 Å². The van der Waals surface area contributed by atoms with Gasteiger partial charge in [0.1, 0.15) is 5.69 Å². The van der Waals surface area contributed by atoms with Crippen molar-refractivity contribution in [2.75, 3.05) is 7.11 Å². The molecule has 0 amide bonds. The lowest BCUT2D eigenvalue weighted by Gasteiger charge is -2.05. The van der Waals surface area contributed by atoms with E-state index in [1.165, 1.54) is 0 Å². The van der Waals surface area contributed by atoms with Crippen LogP contribution in [0, 0.1) is 0 Å². The number of fused-ring (bicyclic) bond motifs is 1. The molecule has 0 aliphatic heterocycles. The third-order valence-corrected chi connectivity index (χ3v) is 3.10. The van der Waals surface area contributed by atoms with E-state index in [0.29, 0.717) is 12.1 Å². The van der Waals surface area contributed by atoms with Gasteiger partial charge < -0.3 is 14.0 Å². The summed E-state index contributed by atoms with van der Waals surface area (Å²) in [5.41, 5.74) is 2.18. The Morgan fingerprint density at radius 2 is 1.95 bits per heavy atom. The molecule has 0 aliphatic carbocycles. The van der Waals surface area contributed by atoms with Crippen LogP contribution < -0.4 is 0 Å². The van der Waals surface area contributed by atoms with E-state index < -0.39 is 12.1 Å². The Bertz CT molecular complexity index is 642. The Morgan fingerprint density at radius 3 is 2.58 bits per heavy atom. The summed E-state index contributed by atoms with van der Waals surface area (Å²) in [5.74, 6) is -0.692. The Balaban J connectivity index is 2.56. The maximum atomic E-state index is 12.0. The number of para-hydroxylation sites is 1. The maximum absolute atomic E-state index is 12.0. The van der Waals surface area contributed by atoms with Crippen molar-refractivity contribution in [2.24, 2.45) is 7.05 Å². The minimum Gasteiger partial charge on any atom is -0.437 e. The zero-order valence-electron chi connectivity index (χ0n) is 11.1. The van der Waals surface area contributed by atoms with Crippen molar-refractivity contribution >= 4 is 23.0 Å². The molecule has 0 atom stereocenters. The molecule has 5 nitrogen and oxygen atoms in total. The fourth-order valence-electron chi connectivity index (χ4n) is 2.26. The number of hydrogen-bond acceptors (Lipinski definition) is 4. The second kappa shape index (κ2) is 5.14. The first-order valence-corrected chi connectivity index (χ1v) is 5.96. The van der Waals surface area contributed by atoms with Crippen LogP contribution >= 0.6 is 0 Å². The Hall–Kier alpha value is -2.30. The number of carbonyl (C=O) groups is 2. The van der Waals surface area contributed by atoms with Gasteiger partial charge in [0.2, 0.25) is 0 Å². The van der Waals surface area contributed by atoms with Crippen molar-refractivity contribution in [3.63, 3.8) is 0 Å². The summed E-state index contributed by atoms with van der Waals surface area (Å²) >= 11 is 0. The van der Waals surface area contributed by atoms with E-state index in [0.717, 1.165) is 23.6 Å². The lowest BCUT2D eigenvalue weighted by Crippen LogP contribution is -2.16. The molecule has 2 rings (SSSR count). The molecule has 0 bridgehead atoms. The van der Waals surface area contributed by atoms with E-state index in [-0.39, 0.29) is 0 Å². The highest BCUT2D eigenvalue weighted by atomic mass is 16.7. The highest BCUT2D eigenvalue weighted by Gasteiger charge is 2.23. The lowest BCUT2D eigenvalue weighted by atomic mass is 10.1. The molecule has 0 unspecified atom stereocenters. The molecule has 5 heteroatoms. The summed E-state index contributed by atoms with van der Waals surface area (Å²) in [6.45, 7) is 1.96. The molecule has 1 heterocycles. The summed E-state index contributed by atoms with van der Waals surface area (Å²) < 4.78 is 10.7. The van der Waals surface area contributed by atoms with Gasteiger partial charge in [0.15, 0.2) is 0 Å². The van der Waals surface area contributed by atoms with Crippen LogP contribution in [0.15, 0.2) is 24.3 Å². The summed E-state index contributed by atoms with van der Waals surface area (Å²) in [7, 11) is 2.94. The summed E-state index contributed by atoms with van der Waals surface area (Å²) in [4.78, 5) is 23.1. The molecule has 0 saturated heterocycles. The molecule has 0 spiro atoms. The molecule has 2 aromatic rings. The standard InChI is InChI=1S/C14H15NO4/c1-4-9-10-7-5-6-8-11(10)15(2)12(9)13(16)19-14(17)18-3/h5-8H,4H2,1-3H3. The van der Waals surface area contributed by atoms with E-state index in [9.17, 15) is 9.59 Å². The van der Waals surface area contributed by atoms with Crippen molar-refractivity contribution in [3.05, 3.63) is 35.5 Å². The number of aromatic nitrogens is 1. The number of ether oxygens (including phenoxy) is 2. The second-order valence-electron chi connectivity index (χ2n) is 4.10. The summed E-state index contributed by atoms with van der Waals surface area (Å²) in [6.07, 6.45) is -0.329. The molecule has 0 aliphatic rings. The maximum Gasteiger partial charge on any atom is 0.516 e. The average Bonchev–Trinajstić information content (AvgIpc) is 2.71. The number of nitrogens with zero attached hydrogens (tertiary/aromatic N) is 1. The van der Waals surface area contributed by atoms with Gasteiger partial charge in [0.05, 0.1) is 7.11 Å². The fraction of sp³-hybridized carbons (Fsp3) is 0.286. The molecule has 0 N–H and O–H groups in total. The van der Waals surface area contributed by atoms with Crippen molar-refractivity contribution in [3.8, 4) is 0 Å². The molecular formula is C14H15NO4. The van der Waals surface area contributed by atoms with Gasteiger partial charge in [0.25, 0.3) is 0 Å².